The van der Waals surface area contributed by atoms with Crippen LogP contribution in [0.25, 0.3) is 0 Å². The lowest BCUT2D eigenvalue weighted by Crippen LogP contribution is -2.35. The van der Waals surface area contributed by atoms with Gasteiger partial charge in [0.25, 0.3) is 0 Å². The molecule has 1 fully saturated rings. The molecule has 0 aliphatic heterocycles. The Bertz CT molecular complexity index is 217. The number of hydrogen-bond donors (Lipinski definition) is 2. The summed E-state index contributed by atoms with van der Waals surface area (Å²) in [4.78, 5) is 21.0. The summed E-state index contributed by atoms with van der Waals surface area (Å²) in [6.07, 6.45) is 7.49. The molecule has 0 atom stereocenters. The van der Waals surface area contributed by atoms with Crippen LogP contribution >= 0.6 is 0 Å². The van der Waals surface area contributed by atoms with Crippen molar-refractivity contribution < 1.29 is 9.59 Å². The van der Waals surface area contributed by atoms with Gasteiger partial charge in [-0.1, -0.05) is 33.1 Å². The molecule has 17 heavy (non-hydrogen) atoms. The summed E-state index contributed by atoms with van der Waals surface area (Å²) < 4.78 is 0. The van der Waals surface area contributed by atoms with E-state index in [0.717, 1.165) is 0 Å². The van der Waals surface area contributed by atoms with Crippen molar-refractivity contribution in [3.05, 3.63) is 0 Å². The van der Waals surface area contributed by atoms with Crippen LogP contribution < -0.4 is 10.6 Å². The zero-order chi connectivity index (χ0) is 13.1. The molecule has 0 bridgehead atoms. The van der Waals surface area contributed by atoms with Gasteiger partial charge in [0.2, 0.25) is 11.8 Å². The molecule has 1 saturated carbocycles. The van der Waals surface area contributed by atoms with E-state index < -0.39 is 0 Å². The second kappa shape index (κ2) is 10.1. The van der Waals surface area contributed by atoms with E-state index in [-0.39, 0.29) is 11.8 Å². The summed E-state index contributed by atoms with van der Waals surface area (Å²) >= 11 is 0. The predicted octanol–water partition coefficient (Wildman–Crippen LogP) is 1.99. The SMILES string of the molecule is CCC(=O)NC.CCC(=O)NC1CCCCC1. The van der Waals surface area contributed by atoms with Crippen molar-refractivity contribution in [2.45, 2.75) is 64.8 Å². The fraction of sp³-hybridized carbons (Fsp3) is 0.846. The Hall–Kier alpha value is -1.06. The first-order chi connectivity index (χ1) is 8.13. The Kier molecular flexibility index (Phi) is 9.49. The summed E-state index contributed by atoms with van der Waals surface area (Å²) in [7, 11) is 1.63. The normalized spacial score (nSPS) is 15.5. The topological polar surface area (TPSA) is 58.2 Å². The highest BCUT2D eigenvalue weighted by Gasteiger charge is 2.13. The number of amides is 2. The van der Waals surface area contributed by atoms with Gasteiger partial charge in [-0.15, -0.1) is 0 Å². The number of carbonyl (C=O) groups is 2. The molecule has 0 unspecified atom stereocenters. The van der Waals surface area contributed by atoms with E-state index in [9.17, 15) is 9.59 Å². The van der Waals surface area contributed by atoms with Gasteiger partial charge < -0.3 is 10.6 Å². The first kappa shape index (κ1) is 15.9. The highest BCUT2D eigenvalue weighted by atomic mass is 16.2. The average Bonchev–Trinajstić information content (AvgIpc) is 2.39. The lowest BCUT2D eigenvalue weighted by molar-refractivity contribution is -0.122. The molecular formula is C13H26N2O2. The third-order valence-corrected chi connectivity index (χ3v) is 2.89. The molecule has 1 rings (SSSR count). The number of carbonyl (C=O) groups excluding carboxylic acids is 2. The molecule has 4 nitrogen and oxygen atoms in total. The maximum absolute atomic E-state index is 11.0. The molecule has 2 N–H and O–H groups in total. The van der Waals surface area contributed by atoms with E-state index >= 15 is 0 Å². The lowest BCUT2D eigenvalue weighted by atomic mass is 9.95. The van der Waals surface area contributed by atoms with Crippen molar-refractivity contribution in [3.63, 3.8) is 0 Å². The molecule has 1 aliphatic rings. The minimum absolute atomic E-state index is 0.0926. The second-order valence-corrected chi connectivity index (χ2v) is 4.28. The molecule has 100 valence electrons. The third kappa shape index (κ3) is 8.72. The van der Waals surface area contributed by atoms with Crippen LogP contribution in [0, 0.1) is 0 Å². The van der Waals surface area contributed by atoms with Gasteiger partial charge in [-0.2, -0.15) is 0 Å². The van der Waals surface area contributed by atoms with Crippen molar-refractivity contribution in [2.24, 2.45) is 0 Å². The van der Waals surface area contributed by atoms with Crippen LogP contribution in [0.1, 0.15) is 58.8 Å². The second-order valence-electron chi connectivity index (χ2n) is 4.28. The van der Waals surface area contributed by atoms with E-state index in [1.54, 1.807) is 7.05 Å². The molecule has 1 aliphatic carbocycles. The molecule has 0 saturated heterocycles. The predicted molar refractivity (Wildman–Crippen MR) is 69.7 cm³/mol. The maximum atomic E-state index is 11.0. The van der Waals surface area contributed by atoms with Crippen molar-refractivity contribution in [1.82, 2.24) is 10.6 Å². The van der Waals surface area contributed by atoms with E-state index in [4.69, 9.17) is 0 Å². The van der Waals surface area contributed by atoms with Gasteiger partial charge in [-0.25, -0.2) is 0 Å². The van der Waals surface area contributed by atoms with Crippen LogP contribution in [0.2, 0.25) is 0 Å². The largest absolute Gasteiger partial charge is 0.359 e. The minimum atomic E-state index is 0.0926. The van der Waals surface area contributed by atoms with E-state index in [0.29, 0.717) is 18.9 Å². The van der Waals surface area contributed by atoms with Crippen LogP contribution in [0.4, 0.5) is 0 Å². The van der Waals surface area contributed by atoms with Gasteiger partial charge in [0.05, 0.1) is 0 Å². The Balaban J connectivity index is 0.000000366. The van der Waals surface area contributed by atoms with Gasteiger partial charge in [-0.05, 0) is 12.8 Å². The molecule has 0 aromatic rings. The molecular weight excluding hydrogens is 216 g/mol. The number of nitrogens with one attached hydrogen (secondary N) is 2. The quantitative estimate of drug-likeness (QED) is 0.795. The van der Waals surface area contributed by atoms with E-state index in [1.165, 1.54) is 32.1 Å². The molecule has 2 amide bonds. The molecule has 0 radical (unpaired) electrons. The molecule has 0 aromatic carbocycles. The van der Waals surface area contributed by atoms with Gasteiger partial charge in [0.1, 0.15) is 0 Å². The van der Waals surface area contributed by atoms with E-state index in [1.807, 2.05) is 13.8 Å². The van der Waals surface area contributed by atoms with Gasteiger partial charge in [0, 0.05) is 25.9 Å². The fourth-order valence-electron chi connectivity index (χ4n) is 1.75. The molecule has 0 aromatic heterocycles. The minimum Gasteiger partial charge on any atom is -0.359 e. The third-order valence-electron chi connectivity index (χ3n) is 2.89. The smallest absolute Gasteiger partial charge is 0.219 e. The monoisotopic (exact) mass is 242 g/mol. The summed E-state index contributed by atoms with van der Waals surface area (Å²) in [5.74, 6) is 0.298. The van der Waals surface area contributed by atoms with Crippen LogP contribution in [0.3, 0.4) is 0 Å². The molecule has 4 heteroatoms. The van der Waals surface area contributed by atoms with Crippen LogP contribution in [-0.2, 0) is 9.59 Å². The Morgan fingerprint density at radius 1 is 1.00 bits per heavy atom. The zero-order valence-electron chi connectivity index (χ0n) is 11.3. The Morgan fingerprint density at radius 3 is 1.88 bits per heavy atom. The van der Waals surface area contributed by atoms with Crippen molar-refractivity contribution in [1.29, 1.82) is 0 Å². The summed E-state index contributed by atoms with van der Waals surface area (Å²) in [5, 5.41) is 5.51. The molecule has 0 heterocycles. The summed E-state index contributed by atoms with van der Waals surface area (Å²) in [5.41, 5.74) is 0. The lowest BCUT2D eigenvalue weighted by Gasteiger charge is -2.22. The number of hydrogen-bond acceptors (Lipinski definition) is 2. The zero-order valence-corrected chi connectivity index (χ0v) is 11.3. The fourth-order valence-corrected chi connectivity index (χ4v) is 1.75. The van der Waals surface area contributed by atoms with Crippen LogP contribution in [0.5, 0.6) is 0 Å². The van der Waals surface area contributed by atoms with Crippen LogP contribution in [-0.4, -0.2) is 24.9 Å². The Labute approximate surface area is 105 Å². The highest BCUT2D eigenvalue weighted by molar-refractivity contribution is 5.75. The van der Waals surface area contributed by atoms with Crippen molar-refractivity contribution in [2.75, 3.05) is 7.05 Å². The van der Waals surface area contributed by atoms with Gasteiger partial charge >= 0.3 is 0 Å². The van der Waals surface area contributed by atoms with Crippen LogP contribution in [0.15, 0.2) is 0 Å². The highest BCUT2D eigenvalue weighted by Crippen LogP contribution is 2.17. The molecule has 0 spiro atoms. The first-order valence-corrected chi connectivity index (χ1v) is 6.63. The summed E-state index contributed by atoms with van der Waals surface area (Å²) in [6.45, 7) is 3.72. The van der Waals surface area contributed by atoms with Crippen molar-refractivity contribution >= 4 is 11.8 Å². The first-order valence-electron chi connectivity index (χ1n) is 6.63. The maximum Gasteiger partial charge on any atom is 0.219 e. The summed E-state index contributed by atoms with van der Waals surface area (Å²) in [6, 6.07) is 0.483. The van der Waals surface area contributed by atoms with E-state index in [2.05, 4.69) is 10.6 Å². The average molecular weight is 242 g/mol. The van der Waals surface area contributed by atoms with Crippen molar-refractivity contribution in [3.8, 4) is 0 Å². The van der Waals surface area contributed by atoms with Gasteiger partial charge in [0.15, 0.2) is 0 Å². The van der Waals surface area contributed by atoms with Gasteiger partial charge in [-0.3, -0.25) is 9.59 Å². The standard InChI is InChI=1S/C9H17NO.C4H9NO/c1-2-9(11)10-8-6-4-3-5-7-8;1-3-4(6)5-2/h8H,2-7H2,1H3,(H,10,11);3H2,1-2H3,(H,5,6). The Morgan fingerprint density at radius 2 is 1.53 bits per heavy atom. The number of rotatable bonds is 3.